The summed E-state index contributed by atoms with van der Waals surface area (Å²) in [7, 11) is 0. The molecule has 1 atom stereocenters. The van der Waals surface area contributed by atoms with E-state index in [1.165, 1.54) is 9.99 Å². The van der Waals surface area contributed by atoms with Gasteiger partial charge in [-0.05, 0) is 85.1 Å². The summed E-state index contributed by atoms with van der Waals surface area (Å²) in [5, 5.41) is 6.33. The molecular formula is C14H19IN2O. The van der Waals surface area contributed by atoms with Crippen LogP contribution in [0.4, 0.5) is 5.69 Å². The van der Waals surface area contributed by atoms with Crippen molar-refractivity contribution in [3.05, 3.63) is 27.3 Å². The maximum Gasteiger partial charge on any atom is 0.224 e. The van der Waals surface area contributed by atoms with Crippen molar-refractivity contribution in [2.24, 2.45) is 5.92 Å². The second-order valence-electron chi connectivity index (χ2n) is 4.90. The molecule has 0 aliphatic carbocycles. The fraction of sp³-hybridized carbons (Fsp3) is 0.500. The maximum absolute atomic E-state index is 11.9. The van der Waals surface area contributed by atoms with Crippen molar-refractivity contribution < 1.29 is 4.79 Å². The lowest BCUT2D eigenvalue weighted by Crippen LogP contribution is -2.15. The van der Waals surface area contributed by atoms with Crippen LogP contribution in [0.5, 0.6) is 0 Å². The number of hydrogen-bond donors (Lipinski definition) is 2. The number of anilines is 1. The molecule has 0 bridgehead atoms. The molecule has 4 heteroatoms. The third-order valence-corrected chi connectivity index (χ3v) is 4.08. The Balaban J connectivity index is 1.82. The van der Waals surface area contributed by atoms with Crippen LogP contribution in [0.15, 0.2) is 18.2 Å². The van der Waals surface area contributed by atoms with Crippen molar-refractivity contribution in [1.82, 2.24) is 5.32 Å². The number of hydrogen-bond acceptors (Lipinski definition) is 2. The molecular weight excluding hydrogens is 339 g/mol. The standard InChI is InChI=1S/C14H19IN2O/c1-10-8-12(15)3-4-13(10)17-14(18)5-2-11-6-7-16-9-11/h3-4,8,11,16H,2,5-7,9H2,1H3,(H,17,18). The smallest absolute Gasteiger partial charge is 0.224 e. The Morgan fingerprint density at radius 1 is 1.56 bits per heavy atom. The van der Waals surface area contributed by atoms with E-state index in [1.807, 2.05) is 19.1 Å². The Labute approximate surface area is 122 Å². The largest absolute Gasteiger partial charge is 0.326 e. The molecule has 0 spiro atoms. The number of amides is 1. The minimum absolute atomic E-state index is 0.131. The molecule has 0 radical (unpaired) electrons. The van der Waals surface area contributed by atoms with Gasteiger partial charge in [0.25, 0.3) is 0 Å². The first-order valence-corrected chi connectivity index (χ1v) is 7.50. The first-order valence-electron chi connectivity index (χ1n) is 6.42. The molecule has 2 rings (SSSR count). The molecule has 1 aliphatic heterocycles. The van der Waals surface area contributed by atoms with Crippen molar-refractivity contribution in [3.8, 4) is 0 Å². The highest BCUT2D eigenvalue weighted by Crippen LogP contribution is 2.19. The van der Waals surface area contributed by atoms with Crippen molar-refractivity contribution in [1.29, 1.82) is 0 Å². The van der Waals surface area contributed by atoms with E-state index in [1.54, 1.807) is 0 Å². The molecule has 2 N–H and O–H groups in total. The van der Waals surface area contributed by atoms with Crippen molar-refractivity contribution in [2.75, 3.05) is 18.4 Å². The molecule has 1 aromatic rings. The van der Waals surface area contributed by atoms with Crippen LogP contribution < -0.4 is 10.6 Å². The van der Waals surface area contributed by atoms with Gasteiger partial charge < -0.3 is 10.6 Å². The van der Waals surface area contributed by atoms with Gasteiger partial charge in [-0.3, -0.25) is 4.79 Å². The Bertz CT molecular complexity index is 428. The summed E-state index contributed by atoms with van der Waals surface area (Å²) < 4.78 is 1.19. The Kier molecular flexibility index (Phi) is 5.00. The molecule has 1 amide bonds. The third-order valence-electron chi connectivity index (χ3n) is 3.40. The predicted octanol–water partition coefficient (Wildman–Crippen LogP) is 2.93. The molecule has 1 fully saturated rings. The van der Waals surface area contributed by atoms with Crippen molar-refractivity contribution >= 4 is 34.2 Å². The molecule has 98 valence electrons. The first-order chi connectivity index (χ1) is 8.65. The van der Waals surface area contributed by atoms with E-state index < -0.39 is 0 Å². The van der Waals surface area contributed by atoms with E-state index >= 15 is 0 Å². The number of carbonyl (C=O) groups is 1. The average molecular weight is 358 g/mol. The number of nitrogens with one attached hydrogen (secondary N) is 2. The second kappa shape index (κ2) is 6.52. The summed E-state index contributed by atoms with van der Waals surface area (Å²) in [5.74, 6) is 0.805. The molecule has 0 saturated carbocycles. The number of benzene rings is 1. The van der Waals surface area contributed by atoms with Crippen LogP contribution in [0.1, 0.15) is 24.8 Å². The Hall–Kier alpha value is -0.620. The van der Waals surface area contributed by atoms with Gasteiger partial charge in [0, 0.05) is 15.7 Å². The highest BCUT2D eigenvalue weighted by atomic mass is 127. The van der Waals surface area contributed by atoms with Gasteiger partial charge >= 0.3 is 0 Å². The molecule has 1 aromatic carbocycles. The first kappa shape index (κ1) is 13.8. The van der Waals surface area contributed by atoms with Gasteiger partial charge in [-0.1, -0.05) is 0 Å². The van der Waals surface area contributed by atoms with Crippen LogP contribution >= 0.6 is 22.6 Å². The predicted molar refractivity (Wildman–Crippen MR) is 82.7 cm³/mol. The zero-order chi connectivity index (χ0) is 13.0. The van der Waals surface area contributed by atoms with Crippen LogP contribution in [-0.2, 0) is 4.79 Å². The van der Waals surface area contributed by atoms with Crippen molar-refractivity contribution in [3.63, 3.8) is 0 Å². The Morgan fingerprint density at radius 2 is 2.39 bits per heavy atom. The topological polar surface area (TPSA) is 41.1 Å². The fourth-order valence-electron chi connectivity index (χ4n) is 2.28. The van der Waals surface area contributed by atoms with Crippen LogP contribution in [0.25, 0.3) is 0 Å². The molecule has 1 saturated heterocycles. The van der Waals surface area contributed by atoms with E-state index in [2.05, 4.69) is 39.3 Å². The van der Waals surface area contributed by atoms with Gasteiger partial charge in [0.1, 0.15) is 0 Å². The maximum atomic E-state index is 11.9. The minimum Gasteiger partial charge on any atom is -0.326 e. The molecule has 18 heavy (non-hydrogen) atoms. The molecule has 0 aromatic heterocycles. The lowest BCUT2D eigenvalue weighted by Gasteiger charge is -2.10. The number of rotatable bonds is 4. The van der Waals surface area contributed by atoms with Crippen LogP contribution in [0.3, 0.4) is 0 Å². The molecule has 1 aliphatic rings. The summed E-state index contributed by atoms with van der Waals surface area (Å²) in [6.45, 7) is 4.19. The van der Waals surface area contributed by atoms with E-state index in [4.69, 9.17) is 0 Å². The van der Waals surface area contributed by atoms with Crippen LogP contribution in [0.2, 0.25) is 0 Å². The quantitative estimate of drug-likeness (QED) is 0.813. The second-order valence-corrected chi connectivity index (χ2v) is 6.15. The van der Waals surface area contributed by atoms with Gasteiger partial charge in [-0.15, -0.1) is 0 Å². The Morgan fingerprint density at radius 3 is 3.06 bits per heavy atom. The molecule has 1 heterocycles. The fourth-order valence-corrected chi connectivity index (χ4v) is 2.92. The lowest BCUT2D eigenvalue weighted by atomic mass is 10.0. The van der Waals surface area contributed by atoms with Crippen molar-refractivity contribution in [2.45, 2.75) is 26.2 Å². The van der Waals surface area contributed by atoms with Gasteiger partial charge in [0.2, 0.25) is 5.91 Å². The highest BCUT2D eigenvalue weighted by molar-refractivity contribution is 14.1. The summed E-state index contributed by atoms with van der Waals surface area (Å²) in [5.41, 5.74) is 2.06. The molecule has 1 unspecified atom stereocenters. The van der Waals surface area contributed by atoms with E-state index in [0.717, 1.165) is 30.8 Å². The van der Waals surface area contributed by atoms with E-state index in [0.29, 0.717) is 12.3 Å². The third kappa shape index (κ3) is 3.95. The average Bonchev–Trinajstić information content (AvgIpc) is 2.83. The minimum atomic E-state index is 0.131. The molecule has 3 nitrogen and oxygen atoms in total. The summed E-state index contributed by atoms with van der Waals surface area (Å²) in [6, 6.07) is 6.08. The zero-order valence-electron chi connectivity index (χ0n) is 10.6. The SMILES string of the molecule is Cc1cc(I)ccc1NC(=O)CCC1CCNC1. The normalized spacial score (nSPS) is 18.9. The van der Waals surface area contributed by atoms with E-state index in [9.17, 15) is 4.79 Å². The number of halogens is 1. The monoisotopic (exact) mass is 358 g/mol. The van der Waals surface area contributed by atoms with Gasteiger partial charge in [0.05, 0.1) is 0 Å². The van der Waals surface area contributed by atoms with Gasteiger partial charge in [-0.25, -0.2) is 0 Å². The summed E-state index contributed by atoms with van der Waals surface area (Å²) in [4.78, 5) is 11.9. The summed E-state index contributed by atoms with van der Waals surface area (Å²) >= 11 is 2.28. The van der Waals surface area contributed by atoms with Crippen LogP contribution in [-0.4, -0.2) is 19.0 Å². The number of carbonyl (C=O) groups excluding carboxylic acids is 1. The number of aryl methyl sites for hydroxylation is 1. The lowest BCUT2D eigenvalue weighted by molar-refractivity contribution is -0.116. The highest BCUT2D eigenvalue weighted by Gasteiger charge is 2.15. The van der Waals surface area contributed by atoms with Gasteiger partial charge in [0.15, 0.2) is 0 Å². The van der Waals surface area contributed by atoms with Gasteiger partial charge in [-0.2, -0.15) is 0 Å². The van der Waals surface area contributed by atoms with Crippen LogP contribution in [0, 0.1) is 16.4 Å². The zero-order valence-corrected chi connectivity index (χ0v) is 12.8. The van der Waals surface area contributed by atoms with E-state index in [-0.39, 0.29) is 5.91 Å². The summed E-state index contributed by atoms with van der Waals surface area (Å²) in [6.07, 6.45) is 2.82.